The zero-order valence-electron chi connectivity index (χ0n) is 32.0. The molecule has 3 aromatic carbocycles. The van der Waals surface area contributed by atoms with Gasteiger partial charge in [-0.1, -0.05) is 81.7 Å². The van der Waals surface area contributed by atoms with Gasteiger partial charge in [-0.05, 0) is 53.6 Å². The molecule has 5 rings (SSSR count). The van der Waals surface area contributed by atoms with Crippen LogP contribution >= 0.6 is 0 Å². The molecule has 2 heterocycles. The number of pyridine rings is 2. The summed E-state index contributed by atoms with van der Waals surface area (Å²) in [6, 6.07) is 31.2. The quantitative estimate of drug-likeness (QED) is 0.172. The maximum Gasteiger partial charge on any atom is 0.0349 e. The molecular weight excluding hydrogens is 653 g/mol. The largest absolute Gasteiger partial charge is 0.305 e. The minimum atomic E-state index is -2.18. The van der Waals surface area contributed by atoms with Gasteiger partial charge in [0.25, 0.3) is 0 Å². The molecule has 1 radical (unpaired) electrons. The molecule has 0 aliphatic rings. The Morgan fingerprint density at radius 2 is 1.54 bits per heavy atom. The predicted molar refractivity (Wildman–Crippen MR) is 159 cm³/mol. The van der Waals surface area contributed by atoms with Crippen molar-refractivity contribution in [2.45, 2.75) is 47.2 Å². The first-order valence-corrected chi connectivity index (χ1v) is 12.2. The fourth-order valence-electron chi connectivity index (χ4n) is 3.61. The zero-order chi connectivity index (χ0) is 35.5. The molecule has 201 valence electrons. The number of hydrogen-bond donors (Lipinski definition) is 0. The van der Waals surface area contributed by atoms with Crippen molar-refractivity contribution in [1.29, 1.82) is 0 Å². The van der Waals surface area contributed by atoms with E-state index < -0.39 is 31.9 Å². The summed E-state index contributed by atoms with van der Waals surface area (Å²) < 4.78 is 77.8. The van der Waals surface area contributed by atoms with Gasteiger partial charge < -0.3 is 9.97 Å². The Hall–Kier alpha value is -3.39. The van der Waals surface area contributed by atoms with E-state index in [4.69, 9.17) is 13.7 Å². The van der Waals surface area contributed by atoms with Crippen molar-refractivity contribution in [2.75, 3.05) is 0 Å². The standard InChI is InChI=1S/C23H24N.C13H12N.Ir/c1-23(2,3)17-20-12-13-24-22(16-20)21-11-7-10-19(15-21)14-18-8-5-4-6-9-18;1-10-3-6-12(7-4-10)13-8-5-11(2)9-14-13;/h4-10,12-13,15-16H,14,17H2,1-3H3;3-6,8-9H,1-2H3;/q2*-1;/i14D2,17D2;1D3,2D3;. The minimum Gasteiger partial charge on any atom is -0.305 e. The molecule has 0 bridgehead atoms. The molecule has 0 aliphatic heterocycles. The molecule has 5 aromatic rings. The number of benzene rings is 3. The fraction of sp³-hybridized carbons (Fsp3) is 0.222. The monoisotopic (exact) mass is 699 g/mol. The van der Waals surface area contributed by atoms with Crippen molar-refractivity contribution in [3.63, 3.8) is 0 Å². The molecule has 3 heteroatoms. The third-order valence-corrected chi connectivity index (χ3v) is 5.27. The Labute approximate surface area is 262 Å². The van der Waals surface area contributed by atoms with Crippen LogP contribution in [0.2, 0.25) is 0 Å². The van der Waals surface area contributed by atoms with Gasteiger partial charge in [0, 0.05) is 46.2 Å². The van der Waals surface area contributed by atoms with Gasteiger partial charge in [-0.15, -0.1) is 70.8 Å². The van der Waals surface area contributed by atoms with E-state index in [0.29, 0.717) is 39.2 Å². The van der Waals surface area contributed by atoms with Gasteiger partial charge in [0.05, 0.1) is 0 Å². The van der Waals surface area contributed by atoms with E-state index in [2.05, 4.69) is 22.1 Å². The first kappa shape index (κ1) is 18.8. The Morgan fingerprint density at radius 1 is 0.744 bits per heavy atom. The molecule has 2 aromatic heterocycles. The molecule has 0 amide bonds. The second kappa shape index (κ2) is 14.1. The number of hydrogen-bond acceptors (Lipinski definition) is 2. The predicted octanol–water partition coefficient (Wildman–Crippen LogP) is 8.89. The summed E-state index contributed by atoms with van der Waals surface area (Å²) in [4.78, 5) is 8.46. The summed E-state index contributed by atoms with van der Waals surface area (Å²) in [5.74, 6) is 0. The molecule has 0 saturated carbocycles. The van der Waals surface area contributed by atoms with Gasteiger partial charge in [-0.3, -0.25) is 0 Å². The normalized spacial score (nSPS) is 15.9. The van der Waals surface area contributed by atoms with Crippen LogP contribution in [0.25, 0.3) is 22.5 Å². The summed E-state index contributed by atoms with van der Waals surface area (Å²) in [7, 11) is 0. The van der Waals surface area contributed by atoms with E-state index in [1.807, 2.05) is 39.0 Å². The van der Waals surface area contributed by atoms with Crippen LogP contribution < -0.4 is 0 Å². The van der Waals surface area contributed by atoms with Crippen molar-refractivity contribution in [3.05, 3.63) is 143 Å². The van der Waals surface area contributed by atoms with Crippen LogP contribution in [-0.2, 0) is 32.9 Å². The zero-order valence-corrected chi connectivity index (χ0v) is 24.4. The van der Waals surface area contributed by atoms with Crippen LogP contribution in [0.15, 0.2) is 103 Å². The second-order valence-electron chi connectivity index (χ2n) is 9.71. The van der Waals surface area contributed by atoms with E-state index in [-0.39, 0.29) is 31.2 Å². The fourth-order valence-corrected chi connectivity index (χ4v) is 3.61. The molecule has 0 saturated heterocycles. The van der Waals surface area contributed by atoms with Crippen molar-refractivity contribution in [3.8, 4) is 22.5 Å². The Bertz CT molecular complexity index is 1760. The van der Waals surface area contributed by atoms with Gasteiger partial charge in [-0.25, -0.2) is 0 Å². The molecule has 0 spiro atoms. The molecule has 39 heavy (non-hydrogen) atoms. The molecular formula is C36H36IrN2-2. The SMILES string of the molecule is [2H]C([2H])([2H])c1c[c-]c(-c2ccc(C([2H])([2H])[2H])cn2)cc1.[2H]C([2H])(c1ccccc1)c1cc[c-]c(-c2cc(C([2H])([2H])C(C)(C)C)ccn2)c1.[Ir]. The first-order chi connectivity index (χ1) is 22.2. The van der Waals surface area contributed by atoms with Gasteiger partial charge in [0.15, 0.2) is 0 Å². The molecule has 0 unspecified atom stereocenters. The van der Waals surface area contributed by atoms with Crippen molar-refractivity contribution in [1.82, 2.24) is 9.97 Å². The van der Waals surface area contributed by atoms with E-state index in [1.165, 1.54) is 24.4 Å². The van der Waals surface area contributed by atoms with Crippen LogP contribution in [0.4, 0.5) is 0 Å². The van der Waals surface area contributed by atoms with Crippen molar-refractivity contribution in [2.24, 2.45) is 5.41 Å². The summed E-state index contributed by atoms with van der Waals surface area (Å²) in [6.07, 6.45) is -0.280. The maximum atomic E-state index is 8.56. The van der Waals surface area contributed by atoms with Crippen LogP contribution in [0.1, 0.15) is 62.3 Å². The van der Waals surface area contributed by atoms with Crippen LogP contribution in [0, 0.1) is 31.3 Å². The Balaban J connectivity index is 0.000000274. The number of aromatic nitrogens is 2. The average molecular weight is 699 g/mol. The summed E-state index contributed by atoms with van der Waals surface area (Å²) in [5, 5.41) is 0. The third-order valence-electron chi connectivity index (χ3n) is 5.27. The average Bonchev–Trinajstić information content (AvgIpc) is 3.04. The molecule has 0 aliphatic carbocycles. The summed E-state index contributed by atoms with van der Waals surface area (Å²) in [6.45, 7) is 1.27. The van der Waals surface area contributed by atoms with Crippen molar-refractivity contribution >= 4 is 0 Å². The van der Waals surface area contributed by atoms with Gasteiger partial charge in [0.2, 0.25) is 0 Å². The second-order valence-corrected chi connectivity index (χ2v) is 9.71. The first-order valence-electron chi connectivity index (χ1n) is 17.2. The Kier molecular flexibility index (Phi) is 6.82. The topological polar surface area (TPSA) is 25.8 Å². The number of aryl methyl sites for hydroxylation is 2. The molecule has 0 fully saturated rings. The van der Waals surface area contributed by atoms with Crippen LogP contribution in [-0.4, -0.2) is 9.97 Å². The number of nitrogens with zero attached hydrogens (tertiary/aromatic N) is 2. The van der Waals surface area contributed by atoms with E-state index >= 15 is 0 Å². The molecule has 2 nitrogen and oxygen atoms in total. The summed E-state index contributed by atoms with van der Waals surface area (Å²) in [5.41, 5.74) is 3.85. The van der Waals surface area contributed by atoms with E-state index in [1.54, 1.807) is 60.8 Å². The molecule has 0 atom stereocenters. The maximum absolute atomic E-state index is 8.56. The van der Waals surface area contributed by atoms with Crippen molar-refractivity contribution < 1.29 is 33.8 Å². The number of rotatable bonds is 5. The van der Waals surface area contributed by atoms with E-state index in [9.17, 15) is 0 Å². The van der Waals surface area contributed by atoms with Gasteiger partial charge >= 0.3 is 0 Å². The van der Waals surface area contributed by atoms with Crippen LogP contribution in [0.3, 0.4) is 0 Å². The Morgan fingerprint density at radius 3 is 2.21 bits per heavy atom. The summed E-state index contributed by atoms with van der Waals surface area (Å²) >= 11 is 0. The molecule has 0 N–H and O–H groups in total. The minimum absolute atomic E-state index is 0. The third kappa shape index (κ3) is 9.70. The van der Waals surface area contributed by atoms with Gasteiger partial charge in [0.1, 0.15) is 0 Å². The van der Waals surface area contributed by atoms with E-state index in [0.717, 1.165) is 0 Å². The smallest absolute Gasteiger partial charge is 0.0349 e. The van der Waals surface area contributed by atoms with Crippen LogP contribution in [0.5, 0.6) is 0 Å². The van der Waals surface area contributed by atoms with Gasteiger partial charge in [-0.2, -0.15) is 0 Å².